The van der Waals surface area contributed by atoms with Crippen LogP contribution in [0.4, 0.5) is 11.6 Å². The van der Waals surface area contributed by atoms with E-state index in [0.29, 0.717) is 24.5 Å². The van der Waals surface area contributed by atoms with Gasteiger partial charge in [0, 0.05) is 30.7 Å². The maximum atomic E-state index is 12.7. The quantitative estimate of drug-likeness (QED) is 0.875. The van der Waals surface area contributed by atoms with Gasteiger partial charge in [0.05, 0.1) is 17.1 Å². The maximum absolute atomic E-state index is 12.7. The molecule has 0 bridgehead atoms. The van der Waals surface area contributed by atoms with Gasteiger partial charge in [-0.05, 0) is 25.5 Å². The number of carbonyl (C=O) groups is 1. The molecule has 2 aromatic rings. The Labute approximate surface area is 147 Å². The number of para-hydroxylation sites is 1. The number of amides is 1. The van der Waals surface area contributed by atoms with Crippen molar-refractivity contribution in [3.8, 4) is 0 Å². The summed E-state index contributed by atoms with van der Waals surface area (Å²) in [5, 5.41) is 3.05. The lowest BCUT2D eigenvalue weighted by molar-refractivity contribution is 0.0707. The molecule has 2 heterocycles. The van der Waals surface area contributed by atoms with Gasteiger partial charge in [0.15, 0.2) is 9.84 Å². The van der Waals surface area contributed by atoms with Gasteiger partial charge in [-0.25, -0.2) is 18.4 Å². The molecule has 0 aliphatic carbocycles. The minimum Gasteiger partial charge on any atom is -0.335 e. The van der Waals surface area contributed by atoms with Gasteiger partial charge in [0.1, 0.15) is 0 Å². The average molecular weight is 360 g/mol. The van der Waals surface area contributed by atoms with Crippen molar-refractivity contribution in [3.63, 3.8) is 0 Å². The monoisotopic (exact) mass is 360 g/mol. The van der Waals surface area contributed by atoms with Crippen molar-refractivity contribution in [2.75, 3.05) is 23.4 Å². The Hall–Kier alpha value is -2.48. The summed E-state index contributed by atoms with van der Waals surface area (Å²) < 4.78 is 23.3. The molecule has 0 saturated carbocycles. The zero-order valence-electron chi connectivity index (χ0n) is 13.9. The molecule has 132 valence electrons. The van der Waals surface area contributed by atoms with E-state index >= 15 is 0 Å². The molecule has 1 saturated heterocycles. The number of sulfone groups is 1. The summed E-state index contributed by atoms with van der Waals surface area (Å²) in [5.41, 5.74) is 1.21. The fourth-order valence-electron chi connectivity index (χ4n) is 2.91. The lowest BCUT2D eigenvalue weighted by Crippen LogP contribution is -2.41. The van der Waals surface area contributed by atoms with Crippen LogP contribution in [0.15, 0.2) is 42.7 Å². The summed E-state index contributed by atoms with van der Waals surface area (Å²) >= 11 is 0. The number of aromatic nitrogens is 2. The van der Waals surface area contributed by atoms with E-state index in [1.807, 2.05) is 37.3 Å². The molecule has 1 aliphatic heterocycles. The van der Waals surface area contributed by atoms with E-state index < -0.39 is 9.84 Å². The second kappa shape index (κ2) is 7.18. The lowest BCUT2D eigenvalue weighted by atomic mass is 10.2. The van der Waals surface area contributed by atoms with E-state index in [-0.39, 0.29) is 23.5 Å². The van der Waals surface area contributed by atoms with Crippen LogP contribution in [0, 0.1) is 0 Å². The van der Waals surface area contributed by atoms with Crippen molar-refractivity contribution >= 4 is 27.4 Å². The SMILES string of the molecule is CCN(C(=O)c1cnc(Nc2ccccc2)nc1)[C@@H]1CCS(=O)(=O)C1. The van der Waals surface area contributed by atoms with Crippen LogP contribution >= 0.6 is 0 Å². The number of benzene rings is 1. The van der Waals surface area contributed by atoms with E-state index in [4.69, 9.17) is 0 Å². The number of rotatable bonds is 5. The Morgan fingerprint density at radius 1 is 1.24 bits per heavy atom. The van der Waals surface area contributed by atoms with Gasteiger partial charge in [-0.15, -0.1) is 0 Å². The number of hydrogen-bond donors (Lipinski definition) is 1. The Morgan fingerprint density at radius 3 is 2.48 bits per heavy atom. The molecule has 8 heteroatoms. The first-order chi connectivity index (χ1) is 12.0. The summed E-state index contributed by atoms with van der Waals surface area (Å²) in [6.45, 7) is 2.29. The molecule has 1 amide bonds. The topological polar surface area (TPSA) is 92.3 Å². The van der Waals surface area contributed by atoms with Crippen LogP contribution in [0.5, 0.6) is 0 Å². The highest BCUT2D eigenvalue weighted by Crippen LogP contribution is 2.20. The van der Waals surface area contributed by atoms with Crippen LogP contribution in [0.2, 0.25) is 0 Å². The first-order valence-corrected chi connectivity index (χ1v) is 9.96. The Morgan fingerprint density at radius 2 is 1.92 bits per heavy atom. The molecule has 1 aliphatic rings. The molecule has 1 aromatic carbocycles. The van der Waals surface area contributed by atoms with Crippen LogP contribution in [0.3, 0.4) is 0 Å². The zero-order valence-corrected chi connectivity index (χ0v) is 14.7. The van der Waals surface area contributed by atoms with Crippen LogP contribution in [-0.2, 0) is 9.84 Å². The Balaban J connectivity index is 1.71. The molecule has 1 atom stereocenters. The van der Waals surface area contributed by atoms with Gasteiger partial charge in [0.25, 0.3) is 5.91 Å². The highest BCUT2D eigenvalue weighted by molar-refractivity contribution is 7.91. The zero-order chi connectivity index (χ0) is 17.9. The van der Waals surface area contributed by atoms with Gasteiger partial charge >= 0.3 is 0 Å². The minimum atomic E-state index is -3.04. The predicted octanol–water partition coefficient (Wildman–Crippen LogP) is 1.87. The van der Waals surface area contributed by atoms with Crippen molar-refractivity contribution in [2.24, 2.45) is 0 Å². The molecule has 7 nitrogen and oxygen atoms in total. The van der Waals surface area contributed by atoms with Gasteiger partial charge in [-0.3, -0.25) is 4.79 Å². The third-order valence-electron chi connectivity index (χ3n) is 4.18. The van der Waals surface area contributed by atoms with Crippen molar-refractivity contribution in [1.29, 1.82) is 0 Å². The second-order valence-electron chi connectivity index (χ2n) is 5.93. The highest BCUT2D eigenvalue weighted by Gasteiger charge is 2.34. The fraction of sp³-hybridized carbons (Fsp3) is 0.353. The summed E-state index contributed by atoms with van der Waals surface area (Å²) in [6, 6.07) is 9.22. The first kappa shape index (κ1) is 17.3. The molecule has 0 unspecified atom stereocenters. The van der Waals surface area contributed by atoms with E-state index in [1.54, 1.807) is 4.90 Å². The molecule has 1 aromatic heterocycles. The van der Waals surface area contributed by atoms with Crippen LogP contribution in [0.1, 0.15) is 23.7 Å². The largest absolute Gasteiger partial charge is 0.335 e. The van der Waals surface area contributed by atoms with E-state index in [1.165, 1.54) is 12.4 Å². The van der Waals surface area contributed by atoms with Crippen molar-refractivity contribution in [2.45, 2.75) is 19.4 Å². The molecule has 1 fully saturated rings. The summed E-state index contributed by atoms with van der Waals surface area (Å²) in [5.74, 6) is 0.323. The normalized spacial score (nSPS) is 18.7. The van der Waals surface area contributed by atoms with Crippen molar-refractivity contribution < 1.29 is 13.2 Å². The van der Waals surface area contributed by atoms with Crippen molar-refractivity contribution in [3.05, 3.63) is 48.3 Å². The number of hydrogen-bond acceptors (Lipinski definition) is 6. The minimum absolute atomic E-state index is 0.0289. The maximum Gasteiger partial charge on any atom is 0.257 e. The molecule has 1 N–H and O–H groups in total. The van der Waals surface area contributed by atoms with Gasteiger partial charge < -0.3 is 10.2 Å². The van der Waals surface area contributed by atoms with Crippen LogP contribution < -0.4 is 5.32 Å². The molecule has 3 rings (SSSR count). The van der Waals surface area contributed by atoms with Crippen LogP contribution in [0.25, 0.3) is 0 Å². The standard InChI is InChI=1S/C17H20N4O3S/c1-2-21(15-8-9-25(23,24)12-15)16(22)13-10-18-17(19-11-13)20-14-6-4-3-5-7-14/h3-7,10-11,15H,2,8-9,12H2,1H3,(H,18,19,20)/t15-/m1/s1. The number of nitrogens with zero attached hydrogens (tertiary/aromatic N) is 3. The van der Waals surface area contributed by atoms with Crippen molar-refractivity contribution in [1.82, 2.24) is 14.9 Å². The summed E-state index contributed by atoms with van der Waals surface area (Å²) in [7, 11) is -3.04. The van der Waals surface area contributed by atoms with Gasteiger partial charge in [-0.2, -0.15) is 0 Å². The highest BCUT2D eigenvalue weighted by atomic mass is 32.2. The molecule has 25 heavy (non-hydrogen) atoms. The second-order valence-corrected chi connectivity index (χ2v) is 8.16. The molecular formula is C17H20N4O3S. The average Bonchev–Trinajstić information content (AvgIpc) is 2.97. The van der Waals surface area contributed by atoms with E-state index in [2.05, 4.69) is 15.3 Å². The molecule has 0 radical (unpaired) electrons. The number of carbonyl (C=O) groups excluding carboxylic acids is 1. The fourth-order valence-corrected chi connectivity index (χ4v) is 4.64. The van der Waals surface area contributed by atoms with E-state index in [0.717, 1.165) is 5.69 Å². The molecule has 0 spiro atoms. The first-order valence-electron chi connectivity index (χ1n) is 8.14. The summed E-state index contributed by atoms with van der Waals surface area (Å²) in [4.78, 5) is 22.6. The smallest absolute Gasteiger partial charge is 0.257 e. The Kier molecular flexibility index (Phi) is 4.98. The van der Waals surface area contributed by atoms with Gasteiger partial charge in [0.2, 0.25) is 5.95 Å². The number of anilines is 2. The Bertz CT molecular complexity index is 838. The van der Waals surface area contributed by atoms with Gasteiger partial charge in [-0.1, -0.05) is 18.2 Å². The number of nitrogens with one attached hydrogen (secondary N) is 1. The lowest BCUT2D eigenvalue weighted by Gasteiger charge is -2.26. The summed E-state index contributed by atoms with van der Waals surface area (Å²) in [6.07, 6.45) is 3.41. The third kappa shape index (κ3) is 4.14. The van der Waals surface area contributed by atoms with Crippen LogP contribution in [-0.4, -0.2) is 53.3 Å². The predicted molar refractivity (Wildman–Crippen MR) is 95.5 cm³/mol. The molecular weight excluding hydrogens is 340 g/mol. The third-order valence-corrected chi connectivity index (χ3v) is 5.93. The van der Waals surface area contributed by atoms with E-state index in [9.17, 15) is 13.2 Å².